The standard InChI is InChI=1S/C11H21N3O/c1-8(6-12)7-14-10(15)5-11(2,13-14)9-3-4-9/h8-9,13H,3-7,12H2,1-2H3. The Morgan fingerprint density at radius 3 is 2.87 bits per heavy atom. The molecule has 2 atom stereocenters. The Labute approximate surface area is 91.2 Å². The normalized spacial score (nSPS) is 33.5. The molecular weight excluding hydrogens is 190 g/mol. The van der Waals surface area contributed by atoms with Gasteiger partial charge in [-0.25, -0.2) is 5.43 Å². The highest BCUT2D eigenvalue weighted by molar-refractivity contribution is 5.79. The lowest BCUT2D eigenvalue weighted by atomic mass is 9.94. The molecule has 0 spiro atoms. The van der Waals surface area contributed by atoms with Crippen LogP contribution in [-0.2, 0) is 4.79 Å². The van der Waals surface area contributed by atoms with Crippen LogP contribution in [0.3, 0.4) is 0 Å². The molecule has 1 saturated carbocycles. The van der Waals surface area contributed by atoms with Gasteiger partial charge in [-0.15, -0.1) is 0 Å². The van der Waals surface area contributed by atoms with Gasteiger partial charge in [0.2, 0.25) is 5.91 Å². The molecule has 4 nitrogen and oxygen atoms in total. The highest BCUT2D eigenvalue weighted by Gasteiger charge is 2.49. The Morgan fingerprint density at radius 1 is 1.67 bits per heavy atom. The number of nitrogens with zero attached hydrogens (tertiary/aromatic N) is 1. The van der Waals surface area contributed by atoms with Crippen LogP contribution in [0.15, 0.2) is 0 Å². The predicted molar refractivity (Wildman–Crippen MR) is 58.8 cm³/mol. The number of rotatable bonds is 4. The first-order valence-corrected chi connectivity index (χ1v) is 5.83. The maximum Gasteiger partial charge on any atom is 0.238 e. The summed E-state index contributed by atoms with van der Waals surface area (Å²) in [7, 11) is 0. The molecule has 4 heteroatoms. The average Bonchev–Trinajstić information content (AvgIpc) is 2.96. The van der Waals surface area contributed by atoms with Gasteiger partial charge in [-0.2, -0.15) is 0 Å². The number of hydrazine groups is 1. The third kappa shape index (κ3) is 2.16. The minimum atomic E-state index is 0.0192. The van der Waals surface area contributed by atoms with Gasteiger partial charge in [0.15, 0.2) is 0 Å². The van der Waals surface area contributed by atoms with E-state index in [1.165, 1.54) is 12.8 Å². The van der Waals surface area contributed by atoms with E-state index in [-0.39, 0.29) is 11.4 Å². The molecule has 2 rings (SSSR count). The van der Waals surface area contributed by atoms with Crippen LogP contribution in [0.2, 0.25) is 0 Å². The van der Waals surface area contributed by atoms with Gasteiger partial charge < -0.3 is 5.73 Å². The molecule has 2 fully saturated rings. The van der Waals surface area contributed by atoms with E-state index in [4.69, 9.17) is 5.73 Å². The van der Waals surface area contributed by atoms with Gasteiger partial charge in [0, 0.05) is 18.5 Å². The minimum absolute atomic E-state index is 0.0192. The van der Waals surface area contributed by atoms with Crippen molar-refractivity contribution in [3.8, 4) is 0 Å². The zero-order valence-corrected chi connectivity index (χ0v) is 9.62. The Bertz CT molecular complexity index is 265. The summed E-state index contributed by atoms with van der Waals surface area (Å²) in [5.74, 6) is 1.28. The van der Waals surface area contributed by atoms with E-state index in [0.29, 0.717) is 24.8 Å². The SMILES string of the molecule is CC(CN)CN1NC(C)(C2CC2)CC1=O. The number of hydrogen-bond acceptors (Lipinski definition) is 3. The van der Waals surface area contributed by atoms with Gasteiger partial charge in [-0.05, 0) is 38.1 Å². The van der Waals surface area contributed by atoms with Gasteiger partial charge in [0.25, 0.3) is 0 Å². The molecule has 0 aromatic rings. The number of carbonyl (C=O) groups excluding carboxylic acids is 1. The monoisotopic (exact) mass is 211 g/mol. The van der Waals surface area contributed by atoms with Crippen LogP contribution >= 0.6 is 0 Å². The maximum atomic E-state index is 11.8. The number of nitrogens with two attached hydrogens (primary N) is 1. The van der Waals surface area contributed by atoms with E-state index in [1.54, 1.807) is 5.01 Å². The van der Waals surface area contributed by atoms with Crippen molar-refractivity contribution in [2.24, 2.45) is 17.6 Å². The quantitative estimate of drug-likeness (QED) is 0.711. The van der Waals surface area contributed by atoms with Crippen LogP contribution in [-0.4, -0.2) is 29.5 Å². The van der Waals surface area contributed by atoms with Gasteiger partial charge in [0.05, 0.1) is 0 Å². The van der Waals surface area contributed by atoms with Crippen LogP contribution in [0.25, 0.3) is 0 Å². The van der Waals surface area contributed by atoms with E-state index in [2.05, 4.69) is 19.3 Å². The zero-order chi connectivity index (χ0) is 11.1. The first-order chi connectivity index (χ1) is 7.05. The van der Waals surface area contributed by atoms with E-state index in [9.17, 15) is 4.79 Å². The molecule has 3 N–H and O–H groups in total. The first kappa shape index (κ1) is 10.9. The number of hydrogen-bond donors (Lipinski definition) is 2. The third-order valence-electron chi connectivity index (χ3n) is 3.58. The van der Waals surface area contributed by atoms with E-state index in [1.807, 2.05) is 0 Å². The highest BCUT2D eigenvalue weighted by Crippen LogP contribution is 2.43. The summed E-state index contributed by atoms with van der Waals surface area (Å²) in [6.07, 6.45) is 3.17. The zero-order valence-electron chi connectivity index (χ0n) is 9.62. The van der Waals surface area contributed by atoms with Gasteiger partial charge >= 0.3 is 0 Å². The fourth-order valence-corrected chi connectivity index (χ4v) is 2.31. The lowest BCUT2D eigenvalue weighted by molar-refractivity contribution is -0.130. The third-order valence-corrected chi connectivity index (χ3v) is 3.58. The van der Waals surface area contributed by atoms with Crippen molar-refractivity contribution >= 4 is 5.91 Å². The van der Waals surface area contributed by atoms with Gasteiger partial charge in [-0.1, -0.05) is 6.92 Å². The van der Waals surface area contributed by atoms with Crippen molar-refractivity contribution in [3.63, 3.8) is 0 Å². The molecule has 1 aliphatic carbocycles. The number of nitrogens with one attached hydrogen (secondary N) is 1. The van der Waals surface area contributed by atoms with Crippen molar-refractivity contribution in [3.05, 3.63) is 0 Å². The molecule has 0 radical (unpaired) electrons. The van der Waals surface area contributed by atoms with Crippen molar-refractivity contribution in [1.82, 2.24) is 10.4 Å². The van der Waals surface area contributed by atoms with Crippen molar-refractivity contribution in [1.29, 1.82) is 0 Å². The van der Waals surface area contributed by atoms with Crippen LogP contribution in [0.1, 0.15) is 33.1 Å². The molecule has 0 aromatic carbocycles. The summed E-state index contributed by atoms with van der Waals surface area (Å²) in [6, 6.07) is 0. The Kier molecular flexibility index (Phi) is 2.73. The lowest BCUT2D eigenvalue weighted by Gasteiger charge is -2.27. The van der Waals surface area contributed by atoms with Crippen LogP contribution < -0.4 is 11.2 Å². The summed E-state index contributed by atoms with van der Waals surface area (Å²) in [5.41, 5.74) is 8.96. The van der Waals surface area contributed by atoms with Gasteiger partial charge in [0.1, 0.15) is 0 Å². The topological polar surface area (TPSA) is 58.4 Å². The number of amides is 1. The molecule has 15 heavy (non-hydrogen) atoms. The molecule has 1 amide bonds. The lowest BCUT2D eigenvalue weighted by Crippen LogP contribution is -2.47. The molecule has 0 bridgehead atoms. The van der Waals surface area contributed by atoms with Crippen LogP contribution in [0.5, 0.6) is 0 Å². The molecule has 2 unspecified atom stereocenters. The van der Waals surface area contributed by atoms with Crippen molar-refractivity contribution < 1.29 is 4.79 Å². The molecule has 1 aliphatic heterocycles. The second kappa shape index (κ2) is 3.76. The van der Waals surface area contributed by atoms with Gasteiger partial charge in [-0.3, -0.25) is 9.80 Å². The first-order valence-electron chi connectivity index (χ1n) is 5.83. The molecular formula is C11H21N3O. The largest absolute Gasteiger partial charge is 0.330 e. The molecule has 2 aliphatic rings. The predicted octanol–water partition coefficient (Wildman–Crippen LogP) is 0.487. The van der Waals surface area contributed by atoms with Crippen LogP contribution in [0, 0.1) is 11.8 Å². The van der Waals surface area contributed by atoms with Crippen LogP contribution in [0.4, 0.5) is 0 Å². The summed E-state index contributed by atoms with van der Waals surface area (Å²) in [4.78, 5) is 11.8. The summed E-state index contributed by atoms with van der Waals surface area (Å²) in [5, 5.41) is 1.77. The summed E-state index contributed by atoms with van der Waals surface area (Å²) < 4.78 is 0. The average molecular weight is 211 g/mol. The summed E-state index contributed by atoms with van der Waals surface area (Å²) in [6.45, 7) is 5.60. The van der Waals surface area contributed by atoms with E-state index in [0.717, 1.165) is 6.54 Å². The Morgan fingerprint density at radius 2 is 2.33 bits per heavy atom. The van der Waals surface area contributed by atoms with Crippen molar-refractivity contribution in [2.45, 2.75) is 38.6 Å². The molecule has 1 heterocycles. The number of carbonyl (C=O) groups is 1. The Balaban J connectivity index is 1.94. The second-order valence-electron chi connectivity index (χ2n) is 5.33. The minimum Gasteiger partial charge on any atom is -0.330 e. The maximum absolute atomic E-state index is 11.8. The van der Waals surface area contributed by atoms with E-state index >= 15 is 0 Å². The fourth-order valence-electron chi connectivity index (χ4n) is 2.31. The van der Waals surface area contributed by atoms with E-state index < -0.39 is 0 Å². The summed E-state index contributed by atoms with van der Waals surface area (Å²) >= 11 is 0. The molecule has 86 valence electrons. The fraction of sp³-hybridized carbons (Fsp3) is 0.909. The smallest absolute Gasteiger partial charge is 0.238 e. The molecule has 1 saturated heterocycles. The highest BCUT2D eigenvalue weighted by atomic mass is 16.2. The molecule has 0 aromatic heterocycles. The Hall–Kier alpha value is -0.610. The second-order valence-corrected chi connectivity index (χ2v) is 5.33. The van der Waals surface area contributed by atoms with Crippen molar-refractivity contribution in [2.75, 3.05) is 13.1 Å².